The lowest BCUT2D eigenvalue weighted by molar-refractivity contribution is 0.218. The normalized spacial score (nSPS) is 14.6. The fourth-order valence-electron chi connectivity index (χ4n) is 3.73. The molecule has 0 fully saturated rings. The number of halogens is 2. The van der Waals surface area contributed by atoms with Crippen molar-refractivity contribution < 1.29 is 9.13 Å². The van der Waals surface area contributed by atoms with Gasteiger partial charge in [-0.1, -0.05) is 11.6 Å². The van der Waals surface area contributed by atoms with Gasteiger partial charge in [-0.25, -0.2) is 9.37 Å². The number of imidazole rings is 1. The summed E-state index contributed by atoms with van der Waals surface area (Å²) in [6, 6.07) is 10.7. The number of hydrogen-bond acceptors (Lipinski definition) is 3. The third-order valence-corrected chi connectivity index (χ3v) is 5.31. The minimum Gasteiger partial charge on any atom is -0.490 e. The highest BCUT2D eigenvalue weighted by Crippen LogP contribution is 2.35. The van der Waals surface area contributed by atoms with Gasteiger partial charge in [0, 0.05) is 54.4 Å². The van der Waals surface area contributed by atoms with Gasteiger partial charge >= 0.3 is 0 Å². The van der Waals surface area contributed by atoms with Crippen molar-refractivity contribution in [1.29, 1.82) is 0 Å². The fourth-order valence-corrected chi connectivity index (χ4v) is 4.02. The summed E-state index contributed by atoms with van der Waals surface area (Å²) in [4.78, 5) is 9.53. The highest BCUT2D eigenvalue weighted by atomic mass is 35.5. The summed E-state index contributed by atoms with van der Waals surface area (Å²) in [6.07, 6.45) is 5.45. The molecule has 2 aromatic heterocycles. The molecule has 0 radical (unpaired) electrons. The van der Waals surface area contributed by atoms with E-state index in [1.54, 1.807) is 12.4 Å². The molecule has 142 valence electrons. The first-order valence-corrected chi connectivity index (χ1v) is 9.47. The Morgan fingerprint density at radius 2 is 2.14 bits per heavy atom. The standard InChI is InChI=1S/C21H18ClFN4O/c22-19-9-18(27-4-3-14-7-16(23)1-2-20(14)27)8-15-11-26(5-6-28-21(15)19)12-17-10-24-13-25-17/h1-4,7-10,13H,5-6,11-12H2,(H,24,25). The largest absolute Gasteiger partial charge is 0.490 e. The fraction of sp³-hybridized carbons (Fsp3) is 0.190. The van der Waals surface area contributed by atoms with E-state index in [-0.39, 0.29) is 5.82 Å². The lowest BCUT2D eigenvalue weighted by Crippen LogP contribution is -2.25. The first-order valence-electron chi connectivity index (χ1n) is 9.09. The molecule has 7 heteroatoms. The Kier molecular flexibility index (Phi) is 4.30. The molecule has 5 nitrogen and oxygen atoms in total. The molecular formula is C21H18ClFN4O. The van der Waals surface area contributed by atoms with E-state index in [0.29, 0.717) is 11.6 Å². The number of nitrogens with zero attached hydrogens (tertiary/aromatic N) is 3. The van der Waals surface area contributed by atoms with E-state index >= 15 is 0 Å². The zero-order chi connectivity index (χ0) is 19.1. The Bertz CT molecular complexity index is 1140. The van der Waals surface area contributed by atoms with Crippen LogP contribution in [0, 0.1) is 5.82 Å². The van der Waals surface area contributed by atoms with E-state index < -0.39 is 0 Å². The van der Waals surface area contributed by atoms with Crippen LogP contribution in [-0.2, 0) is 13.1 Å². The Morgan fingerprint density at radius 1 is 1.21 bits per heavy atom. The van der Waals surface area contributed by atoms with Gasteiger partial charge in [0.15, 0.2) is 0 Å². The second-order valence-corrected chi connectivity index (χ2v) is 7.35. The summed E-state index contributed by atoms with van der Waals surface area (Å²) in [5.41, 5.74) is 3.95. The van der Waals surface area contributed by atoms with Gasteiger partial charge in [-0.3, -0.25) is 4.90 Å². The van der Waals surface area contributed by atoms with Gasteiger partial charge < -0.3 is 14.3 Å². The van der Waals surface area contributed by atoms with Crippen molar-refractivity contribution in [3.8, 4) is 11.4 Å². The summed E-state index contributed by atoms with van der Waals surface area (Å²) < 4.78 is 21.5. The lowest BCUT2D eigenvalue weighted by atomic mass is 10.1. The van der Waals surface area contributed by atoms with Crippen molar-refractivity contribution >= 4 is 22.5 Å². The summed E-state index contributed by atoms with van der Waals surface area (Å²) in [5.74, 6) is 0.494. The van der Waals surface area contributed by atoms with Crippen LogP contribution in [-0.4, -0.2) is 32.6 Å². The molecular weight excluding hydrogens is 379 g/mol. The first-order chi connectivity index (χ1) is 13.7. The number of H-pyrrole nitrogens is 1. The van der Waals surface area contributed by atoms with Gasteiger partial charge in [0.25, 0.3) is 0 Å². The number of ether oxygens (including phenoxy) is 1. The maximum absolute atomic E-state index is 13.5. The molecule has 1 aliphatic rings. The van der Waals surface area contributed by atoms with Crippen molar-refractivity contribution in [3.05, 3.63) is 77.2 Å². The highest BCUT2D eigenvalue weighted by molar-refractivity contribution is 6.32. The zero-order valence-corrected chi connectivity index (χ0v) is 15.8. The van der Waals surface area contributed by atoms with Gasteiger partial charge in [0.2, 0.25) is 0 Å². The second-order valence-electron chi connectivity index (χ2n) is 6.94. The lowest BCUT2D eigenvalue weighted by Gasteiger charge is -2.18. The number of nitrogens with one attached hydrogen (secondary N) is 1. The average Bonchev–Trinajstić information content (AvgIpc) is 3.27. The topological polar surface area (TPSA) is 46.1 Å². The molecule has 0 atom stereocenters. The molecule has 5 rings (SSSR count). The highest BCUT2D eigenvalue weighted by Gasteiger charge is 2.20. The van der Waals surface area contributed by atoms with Crippen LogP contribution < -0.4 is 4.74 Å². The molecule has 0 unspecified atom stereocenters. The third-order valence-electron chi connectivity index (χ3n) is 5.03. The van der Waals surface area contributed by atoms with E-state index in [9.17, 15) is 4.39 Å². The molecule has 0 spiro atoms. The molecule has 2 aromatic carbocycles. The molecule has 0 aliphatic carbocycles. The van der Waals surface area contributed by atoms with Crippen molar-refractivity contribution in [1.82, 2.24) is 19.4 Å². The molecule has 1 N–H and O–H groups in total. The third kappa shape index (κ3) is 3.15. The van der Waals surface area contributed by atoms with Gasteiger partial charge in [0.05, 0.1) is 16.9 Å². The van der Waals surface area contributed by atoms with Gasteiger partial charge in [0.1, 0.15) is 18.2 Å². The van der Waals surface area contributed by atoms with Crippen LogP contribution in [0.1, 0.15) is 11.3 Å². The van der Waals surface area contributed by atoms with E-state index in [0.717, 1.165) is 53.2 Å². The minimum atomic E-state index is -0.243. The van der Waals surface area contributed by atoms with E-state index in [1.165, 1.54) is 12.1 Å². The van der Waals surface area contributed by atoms with Crippen LogP contribution in [0.3, 0.4) is 0 Å². The minimum absolute atomic E-state index is 0.243. The van der Waals surface area contributed by atoms with Gasteiger partial charge in [-0.05, 0) is 36.4 Å². The SMILES string of the molecule is Fc1ccc2c(ccn2-c2cc(Cl)c3c(c2)CN(Cc2cnc[nH]2)CCO3)c1. The van der Waals surface area contributed by atoms with Crippen LogP contribution in [0.5, 0.6) is 5.75 Å². The Morgan fingerprint density at radius 3 is 3.00 bits per heavy atom. The molecule has 4 aromatic rings. The van der Waals surface area contributed by atoms with Crippen molar-refractivity contribution in [3.63, 3.8) is 0 Å². The van der Waals surface area contributed by atoms with Gasteiger partial charge in [-0.15, -0.1) is 0 Å². The predicted molar refractivity (Wildman–Crippen MR) is 106 cm³/mol. The molecule has 0 amide bonds. The molecule has 0 saturated heterocycles. The summed E-state index contributed by atoms with van der Waals surface area (Å²) in [7, 11) is 0. The number of aromatic amines is 1. The predicted octanol–water partition coefficient (Wildman–Crippen LogP) is 4.54. The summed E-state index contributed by atoms with van der Waals surface area (Å²) in [5, 5.41) is 1.43. The average molecular weight is 397 g/mol. The molecule has 28 heavy (non-hydrogen) atoms. The van der Waals surface area contributed by atoms with Crippen molar-refractivity contribution in [2.24, 2.45) is 0 Å². The first kappa shape index (κ1) is 17.3. The molecule has 0 saturated carbocycles. The Hall–Kier alpha value is -2.83. The molecule has 3 heterocycles. The molecule has 1 aliphatic heterocycles. The van der Waals surface area contributed by atoms with Crippen LogP contribution >= 0.6 is 11.6 Å². The van der Waals surface area contributed by atoms with Crippen LogP contribution in [0.2, 0.25) is 5.02 Å². The number of rotatable bonds is 3. The van der Waals surface area contributed by atoms with Crippen LogP contribution in [0.15, 0.2) is 55.1 Å². The van der Waals surface area contributed by atoms with Gasteiger partial charge in [-0.2, -0.15) is 0 Å². The second kappa shape index (κ2) is 6.96. The van der Waals surface area contributed by atoms with Crippen molar-refractivity contribution in [2.75, 3.05) is 13.2 Å². The number of hydrogen-bond donors (Lipinski definition) is 1. The number of benzene rings is 2. The van der Waals surface area contributed by atoms with E-state index in [1.807, 2.05) is 29.1 Å². The molecule has 0 bridgehead atoms. The monoisotopic (exact) mass is 396 g/mol. The quantitative estimate of drug-likeness (QED) is 0.553. The maximum atomic E-state index is 13.5. The number of aromatic nitrogens is 3. The van der Waals surface area contributed by atoms with Crippen LogP contribution in [0.4, 0.5) is 4.39 Å². The summed E-state index contributed by atoms with van der Waals surface area (Å²) in [6.45, 7) is 2.85. The van der Waals surface area contributed by atoms with E-state index in [2.05, 4.69) is 20.9 Å². The Balaban J connectivity index is 1.53. The maximum Gasteiger partial charge on any atom is 0.142 e. The van der Waals surface area contributed by atoms with Crippen LogP contribution in [0.25, 0.3) is 16.6 Å². The van der Waals surface area contributed by atoms with Crippen molar-refractivity contribution in [2.45, 2.75) is 13.1 Å². The Labute approximate surface area is 166 Å². The van der Waals surface area contributed by atoms with E-state index in [4.69, 9.17) is 16.3 Å². The smallest absolute Gasteiger partial charge is 0.142 e. The summed E-state index contributed by atoms with van der Waals surface area (Å²) >= 11 is 6.57. The number of fused-ring (bicyclic) bond motifs is 2. The zero-order valence-electron chi connectivity index (χ0n) is 15.0.